The van der Waals surface area contributed by atoms with Crippen molar-refractivity contribution in [2.24, 2.45) is 10.9 Å². The van der Waals surface area contributed by atoms with Crippen LogP contribution in [0.15, 0.2) is 23.4 Å². The second-order valence-electron chi connectivity index (χ2n) is 4.19. The van der Waals surface area contributed by atoms with E-state index in [4.69, 9.17) is 10.9 Å². The first-order valence-corrected chi connectivity index (χ1v) is 5.28. The third-order valence-electron chi connectivity index (χ3n) is 2.75. The van der Waals surface area contributed by atoms with Crippen LogP contribution in [0.1, 0.15) is 25.0 Å². The highest BCUT2D eigenvalue weighted by Crippen LogP contribution is 2.21. The van der Waals surface area contributed by atoms with Gasteiger partial charge in [-0.2, -0.15) is 0 Å². The van der Waals surface area contributed by atoms with Crippen molar-refractivity contribution < 1.29 is 5.21 Å². The van der Waals surface area contributed by atoms with Crippen molar-refractivity contribution in [3.63, 3.8) is 0 Å². The third kappa shape index (κ3) is 2.45. The molecular formula is C12H19N3O. The van der Waals surface area contributed by atoms with Gasteiger partial charge >= 0.3 is 0 Å². The maximum absolute atomic E-state index is 8.60. The number of anilines is 1. The molecule has 0 fully saturated rings. The minimum absolute atomic E-state index is 0.141. The van der Waals surface area contributed by atoms with E-state index in [0.29, 0.717) is 6.04 Å². The molecule has 0 radical (unpaired) electrons. The standard InChI is InChI=1S/C12H19N3O/c1-8(2)15(4)11-6-5-10(7-9(11)3)12(13)14-16/h5-8,16H,1-4H3,(H2,13,14). The van der Waals surface area contributed by atoms with Gasteiger partial charge in [0.1, 0.15) is 0 Å². The Kier molecular flexibility index (Phi) is 3.77. The molecule has 1 rings (SSSR count). The van der Waals surface area contributed by atoms with Gasteiger partial charge in [-0.15, -0.1) is 0 Å². The topological polar surface area (TPSA) is 61.9 Å². The van der Waals surface area contributed by atoms with E-state index in [1.807, 2.05) is 25.1 Å². The number of benzene rings is 1. The van der Waals surface area contributed by atoms with Crippen LogP contribution < -0.4 is 10.6 Å². The average Bonchev–Trinajstić information content (AvgIpc) is 2.26. The highest BCUT2D eigenvalue weighted by molar-refractivity contribution is 5.97. The van der Waals surface area contributed by atoms with Crippen LogP contribution >= 0.6 is 0 Å². The van der Waals surface area contributed by atoms with E-state index in [9.17, 15) is 0 Å². The number of nitrogens with zero attached hydrogens (tertiary/aromatic N) is 2. The Hall–Kier alpha value is -1.71. The fourth-order valence-corrected chi connectivity index (χ4v) is 1.55. The molecule has 0 aliphatic rings. The lowest BCUT2D eigenvalue weighted by atomic mass is 10.1. The lowest BCUT2D eigenvalue weighted by molar-refractivity contribution is 0.318. The van der Waals surface area contributed by atoms with Crippen molar-refractivity contribution in [2.75, 3.05) is 11.9 Å². The summed E-state index contributed by atoms with van der Waals surface area (Å²) in [6.07, 6.45) is 0. The predicted molar refractivity (Wildman–Crippen MR) is 67.2 cm³/mol. The summed E-state index contributed by atoms with van der Waals surface area (Å²) in [6, 6.07) is 6.20. The number of rotatable bonds is 3. The molecule has 0 saturated heterocycles. The van der Waals surface area contributed by atoms with E-state index in [1.165, 1.54) is 0 Å². The summed E-state index contributed by atoms with van der Waals surface area (Å²) < 4.78 is 0. The van der Waals surface area contributed by atoms with Crippen LogP contribution in [0.5, 0.6) is 0 Å². The number of hydrogen-bond donors (Lipinski definition) is 2. The van der Waals surface area contributed by atoms with Gasteiger partial charge in [0.05, 0.1) is 0 Å². The molecule has 88 valence electrons. The molecule has 0 spiro atoms. The number of nitrogens with two attached hydrogens (primary N) is 1. The van der Waals surface area contributed by atoms with E-state index in [0.717, 1.165) is 16.8 Å². The maximum atomic E-state index is 8.60. The molecule has 0 saturated carbocycles. The summed E-state index contributed by atoms with van der Waals surface area (Å²) in [7, 11) is 2.05. The minimum Gasteiger partial charge on any atom is -0.409 e. The zero-order valence-electron chi connectivity index (χ0n) is 10.2. The van der Waals surface area contributed by atoms with Gasteiger partial charge in [0.2, 0.25) is 0 Å². The normalized spacial score (nSPS) is 11.9. The summed E-state index contributed by atoms with van der Waals surface area (Å²) in [5.74, 6) is 0.141. The smallest absolute Gasteiger partial charge is 0.170 e. The Morgan fingerprint density at radius 1 is 1.44 bits per heavy atom. The van der Waals surface area contributed by atoms with Gasteiger partial charge in [0, 0.05) is 24.3 Å². The molecule has 1 aromatic carbocycles. The van der Waals surface area contributed by atoms with Crippen LogP contribution in [0.2, 0.25) is 0 Å². The second-order valence-corrected chi connectivity index (χ2v) is 4.19. The van der Waals surface area contributed by atoms with Crippen LogP contribution in [-0.2, 0) is 0 Å². The third-order valence-corrected chi connectivity index (χ3v) is 2.75. The predicted octanol–water partition coefficient (Wildman–Crippen LogP) is 1.93. The van der Waals surface area contributed by atoms with Crippen molar-refractivity contribution in [3.8, 4) is 0 Å². The molecule has 0 unspecified atom stereocenters. The average molecular weight is 221 g/mol. The Morgan fingerprint density at radius 3 is 2.50 bits per heavy atom. The molecule has 0 aromatic heterocycles. The van der Waals surface area contributed by atoms with Gasteiger partial charge in [-0.25, -0.2) is 0 Å². The summed E-state index contributed by atoms with van der Waals surface area (Å²) in [4.78, 5) is 2.19. The molecule has 4 nitrogen and oxygen atoms in total. The maximum Gasteiger partial charge on any atom is 0.170 e. The minimum atomic E-state index is 0.141. The van der Waals surface area contributed by atoms with Crippen molar-refractivity contribution in [1.29, 1.82) is 0 Å². The second kappa shape index (κ2) is 4.88. The molecule has 0 heterocycles. The number of hydrogen-bond acceptors (Lipinski definition) is 3. The van der Waals surface area contributed by atoms with Gasteiger partial charge in [-0.3, -0.25) is 0 Å². The van der Waals surface area contributed by atoms with E-state index in [-0.39, 0.29) is 5.84 Å². The molecule has 0 aliphatic heterocycles. The molecule has 4 heteroatoms. The van der Waals surface area contributed by atoms with Gasteiger partial charge in [0.25, 0.3) is 0 Å². The number of oxime groups is 1. The lowest BCUT2D eigenvalue weighted by Gasteiger charge is -2.25. The first-order valence-electron chi connectivity index (χ1n) is 5.28. The van der Waals surface area contributed by atoms with E-state index >= 15 is 0 Å². The quantitative estimate of drug-likeness (QED) is 0.355. The Labute approximate surface area is 96.4 Å². The molecular weight excluding hydrogens is 202 g/mol. The largest absolute Gasteiger partial charge is 0.409 e. The summed E-state index contributed by atoms with van der Waals surface area (Å²) in [5, 5.41) is 11.6. The molecule has 0 bridgehead atoms. The Bertz CT molecular complexity index is 399. The first-order chi connectivity index (χ1) is 7.47. The van der Waals surface area contributed by atoms with Gasteiger partial charge in [0.15, 0.2) is 5.84 Å². The van der Waals surface area contributed by atoms with Crippen LogP contribution in [0.25, 0.3) is 0 Å². The Balaban J connectivity index is 3.10. The van der Waals surface area contributed by atoms with E-state index in [2.05, 4.69) is 31.0 Å². The van der Waals surface area contributed by atoms with Crippen molar-refractivity contribution in [2.45, 2.75) is 26.8 Å². The summed E-state index contributed by atoms with van der Waals surface area (Å²) >= 11 is 0. The molecule has 0 aliphatic carbocycles. The molecule has 16 heavy (non-hydrogen) atoms. The van der Waals surface area contributed by atoms with Crippen LogP contribution in [0.4, 0.5) is 5.69 Å². The first kappa shape index (κ1) is 12.4. The van der Waals surface area contributed by atoms with Crippen molar-refractivity contribution >= 4 is 11.5 Å². The molecule has 3 N–H and O–H groups in total. The molecule has 0 amide bonds. The van der Waals surface area contributed by atoms with E-state index < -0.39 is 0 Å². The number of amidine groups is 1. The zero-order chi connectivity index (χ0) is 12.3. The SMILES string of the molecule is Cc1cc(/C(N)=N/O)ccc1N(C)C(C)C. The Morgan fingerprint density at radius 2 is 2.06 bits per heavy atom. The summed E-state index contributed by atoms with van der Waals surface area (Å²) in [6.45, 7) is 6.29. The van der Waals surface area contributed by atoms with Crippen molar-refractivity contribution in [3.05, 3.63) is 29.3 Å². The highest BCUT2D eigenvalue weighted by Gasteiger charge is 2.09. The van der Waals surface area contributed by atoms with Gasteiger partial charge in [-0.1, -0.05) is 5.16 Å². The van der Waals surface area contributed by atoms with Crippen molar-refractivity contribution in [1.82, 2.24) is 0 Å². The van der Waals surface area contributed by atoms with E-state index in [1.54, 1.807) is 0 Å². The fourth-order valence-electron chi connectivity index (χ4n) is 1.55. The highest BCUT2D eigenvalue weighted by atomic mass is 16.4. The number of aryl methyl sites for hydroxylation is 1. The molecule has 1 aromatic rings. The zero-order valence-corrected chi connectivity index (χ0v) is 10.2. The van der Waals surface area contributed by atoms with Crippen LogP contribution in [0, 0.1) is 6.92 Å². The van der Waals surface area contributed by atoms with Crippen LogP contribution in [-0.4, -0.2) is 24.1 Å². The molecule has 0 atom stereocenters. The fraction of sp³-hybridized carbons (Fsp3) is 0.417. The summed E-state index contributed by atoms with van der Waals surface area (Å²) in [5.41, 5.74) is 8.54. The lowest BCUT2D eigenvalue weighted by Crippen LogP contribution is -2.26. The van der Waals surface area contributed by atoms with Gasteiger partial charge in [-0.05, 0) is 44.5 Å². The van der Waals surface area contributed by atoms with Crippen LogP contribution in [0.3, 0.4) is 0 Å². The monoisotopic (exact) mass is 221 g/mol. The van der Waals surface area contributed by atoms with Gasteiger partial charge < -0.3 is 15.8 Å².